The number of hydrogen-bond donors (Lipinski definition) is 3. The molecule has 0 bridgehead atoms. The van der Waals surface area contributed by atoms with Crippen LogP contribution in [0.5, 0.6) is 0 Å². The zero-order valence-corrected chi connectivity index (χ0v) is 14.4. The molecule has 0 radical (unpaired) electrons. The van der Waals surface area contributed by atoms with Crippen molar-refractivity contribution in [3.8, 4) is 0 Å². The maximum absolute atomic E-state index is 11.8. The van der Waals surface area contributed by atoms with E-state index >= 15 is 0 Å². The van der Waals surface area contributed by atoms with Gasteiger partial charge in [0.15, 0.2) is 0 Å². The van der Waals surface area contributed by atoms with Gasteiger partial charge in [-0.25, -0.2) is 10.5 Å². The molecule has 2 aromatic rings. The molecular weight excluding hydrogens is 334 g/mol. The minimum Gasteiger partial charge on any atom is -0.367 e. The molecule has 0 aliphatic rings. The first-order valence-corrected chi connectivity index (χ1v) is 8.06. The number of hydrogen-bond acceptors (Lipinski definition) is 6. The minimum absolute atomic E-state index is 0.00406. The fourth-order valence-electron chi connectivity index (χ4n) is 2.18. The fraction of sp³-hybridized carbons (Fsp3) is 0.222. The molecule has 8 heteroatoms. The van der Waals surface area contributed by atoms with Crippen LogP contribution < -0.4 is 10.8 Å². The second kappa shape index (κ2) is 9.90. The standard InChI is InChI=1S/C18H21N5O3/c1-14(24)23(13-15-5-3-2-4-6-15)10-9-19-17-12-20-16(11-21-17)7-8-18(25)22-26/h2-8,11-12,26H,9-10,13H2,1H3,(H,19,21)(H,22,25). The van der Waals surface area contributed by atoms with Gasteiger partial charge < -0.3 is 10.2 Å². The number of hydroxylamine groups is 1. The third kappa shape index (κ3) is 6.33. The molecule has 1 heterocycles. The second-order valence-corrected chi connectivity index (χ2v) is 5.49. The summed E-state index contributed by atoms with van der Waals surface area (Å²) < 4.78 is 0. The largest absolute Gasteiger partial charge is 0.367 e. The van der Waals surface area contributed by atoms with Gasteiger partial charge in [0.1, 0.15) is 5.82 Å². The number of carbonyl (C=O) groups is 2. The number of rotatable bonds is 8. The molecule has 0 aliphatic carbocycles. The molecule has 0 saturated heterocycles. The topological polar surface area (TPSA) is 107 Å². The summed E-state index contributed by atoms with van der Waals surface area (Å²) in [4.78, 5) is 32.8. The maximum atomic E-state index is 11.8. The Hall–Kier alpha value is -3.26. The quantitative estimate of drug-likeness (QED) is 0.376. The van der Waals surface area contributed by atoms with E-state index in [1.54, 1.807) is 11.8 Å². The highest BCUT2D eigenvalue weighted by atomic mass is 16.5. The molecule has 2 rings (SSSR count). The van der Waals surface area contributed by atoms with Crippen LogP contribution in [0.4, 0.5) is 5.82 Å². The van der Waals surface area contributed by atoms with E-state index in [1.165, 1.54) is 23.9 Å². The Labute approximate surface area is 151 Å². The first kappa shape index (κ1) is 19.1. The summed E-state index contributed by atoms with van der Waals surface area (Å²) >= 11 is 0. The van der Waals surface area contributed by atoms with Crippen molar-refractivity contribution in [3.63, 3.8) is 0 Å². The monoisotopic (exact) mass is 355 g/mol. The average Bonchev–Trinajstić information content (AvgIpc) is 2.67. The van der Waals surface area contributed by atoms with Crippen LogP contribution >= 0.6 is 0 Å². The van der Waals surface area contributed by atoms with E-state index < -0.39 is 5.91 Å². The molecule has 136 valence electrons. The van der Waals surface area contributed by atoms with Crippen LogP contribution in [0.3, 0.4) is 0 Å². The van der Waals surface area contributed by atoms with Gasteiger partial charge in [0.2, 0.25) is 5.91 Å². The van der Waals surface area contributed by atoms with E-state index in [1.807, 2.05) is 30.3 Å². The molecular formula is C18H21N5O3. The number of nitrogens with zero attached hydrogens (tertiary/aromatic N) is 3. The lowest BCUT2D eigenvalue weighted by molar-refractivity contribution is -0.129. The van der Waals surface area contributed by atoms with Gasteiger partial charge in [0.25, 0.3) is 5.91 Å². The molecule has 0 atom stereocenters. The van der Waals surface area contributed by atoms with E-state index in [0.29, 0.717) is 31.1 Å². The lowest BCUT2D eigenvalue weighted by Crippen LogP contribution is -2.32. The number of anilines is 1. The molecule has 0 aliphatic heterocycles. The van der Waals surface area contributed by atoms with Crippen LogP contribution in [-0.2, 0) is 16.1 Å². The fourth-order valence-corrected chi connectivity index (χ4v) is 2.18. The first-order valence-electron chi connectivity index (χ1n) is 8.06. The molecule has 1 aromatic carbocycles. The summed E-state index contributed by atoms with van der Waals surface area (Å²) in [7, 11) is 0. The van der Waals surface area contributed by atoms with Gasteiger partial charge in [0.05, 0.1) is 18.1 Å². The van der Waals surface area contributed by atoms with E-state index in [-0.39, 0.29) is 5.91 Å². The van der Waals surface area contributed by atoms with Gasteiger partial charge in [-0.1, -0.05) is 30.3 Å². The van der Waals surface area contributed by atoms with Crippen LogP contribution in [-0.4, -0.2) is 45.0 Å². The Balaban J connectivity index is 1.84. The zero-order valence-electron chi connectivity index (χ0n) is 14.4. The summed E-state index contributed by atoms with van der Waals surface area (Å²) in [6.45, 7) is 3.17. The molecule has 8 nitrogen and oxygen atoms in total. The third-order valence-electron chi connectivity index (χ3n) is 3.54. The maximum Gasteiger partial charge on any atom is 0.267 e. The number of benzene rings is 1. The smallest absolute Gasteiger partial charge is 0.267 e. The van der Waals surface area contributed by atoms with Crippen LogP contribution in [0.1, 0.15) is 18.2 Å². The molecule has 0 unspecified atom stereocenters. The van der Waals surface area contributed by atoms with Crippen molar-refractivity contribution in [2.45, 2.75) is 13.5 Å². The summed E-state index contributed by atoms with van der Waals surface area (Å²) in [6.07, 6.45) is 5.60. The van der Waals surface area contributed by atoms with Gasteiger partial charge >= 0.3 is 0 Å². The number of nitrogens with one attached hydrogen (secondary N) is 2. The predicted octanol–water partition coefficient (Wildman–Crippen LogP) is 1.46. The number of aromatic nitrogens is 2. The van der Waals surface area contributed by atoms with Crippen molar-refractivity contribution in [2.24, 2.45) is 0 Å². The first-order chi connectivity index (χ1) is 12.6. The highest BCUT2D eigenvalue weighted by Gasteiger charge is 2.09. The van der Waals surface area contributed by atoms with Crippen LogP contribution in [0, 0.1) is 0 Å². The molecule has 0 spiro atoms. The molecule has 0 fully saturated rings. The van der Waals surface area contributed by atoms with Gasteiger partial charge in [0, 0.05) is 32.6 Å². The summed E-state index contributed by atoms with van der Waals surface area (Å²) in [5.41, 5.74) is 3.05. The van der Waals surface area contributed by atoms with Crippen molar-refractivity contribution in [3.05, 3.63) is 60.1 Å². The zero-order chi connectivity index (χ0) is 18.8. The Morgan fingerprint density at radius 1 is 1.19 bits per heavy atom. The Bertz CT molecular complexity index is 747. The average molecular weight is 355 g/mol. The van der Waals surface area contributed by atoms with E-state index in [0.717, 1.165) is 11.6 Å². The van der Waals surface area contributed by atoms with Crippen molar-refractivity contribution >= 4 is 23.7 Å². The summed E-state index contributed by atoms with van der Waals surface area (Å²) in [6, 6.07) is 9.80. The lowest BCUT2D eigenvalue weighted by atomic mass is 10.2. The molecule has 26 heavy (non-hydrogen) atoms. The number of amides is 2. The van der Waals surface area contributed by atoms with Gasteiger partial charge in [-0.2, -0.15) is 0 Å². The highest BCUT2D eigenvalue weighted by Crippen LogP contribution is 2.06. The predicted molar refractivity (Wildman–Crippen MR) is 97.0 cm³/mol. The van der Waals surface area contributed by atoms with Crippen molar-refractivity contribution < 1.29 is 14.8 Å². The van der Waals surface area contributed by atoms with Crippen molar-refractivity contribution in [1.82, 2.24) is 20.3 Å². The Morgan fingerprint density at radius 2 is 1.96 bits per heavy atom. The third-order valence-corrected chi connectivity index (χ3v) is 3.54. The normalized spacial score (nSPS) is 10.5. The number of carbonyl (C=O) groups excluding carboxylic acids is 2. The Morgan fingerprint density at radius 3 is 2.58 bits per heavy atom. The SMILES string of the molecule is CC(=O)N(CCNc1cnc(C=CC(=O)NO)cn1)Cc1ccccc1. The van der Waals surface area contributed by atoms with E-state index in [4.69, 9.17) is 5.21 Å². The second-order valence-electron chi connectivity index (χ2n) is 5.49. The van der Waals surface area contributed by atoms with Crippen LogP contribution in [0.25, 0.3) is 6.08 Å². The van der Waals surface area contributed by atoms with Gasteiger partial charge in [-0.3, -0.25) is 19.8 Å². The molecule has 2 amide bonds. The van der Waals surface area contributed by atoms with Crippen LogP contribution in [0.15, 0.2) is 48.8 Å². The highest BCUT2D eigenvalue weighted by molar-refractivity contribution is 5.90. The van der Waals surface area contributed by atoms with E-state index in [2.05, 4.69) is 15.3 Å². The van der Waals surface area contributed by atoms with Crippen molar-refractivity contribution in [2.75, 3.05) is 18.4 Å². The van der Waals surface area contributed by atoms with Crippen molar-refractivity contribution in [1.29, 1.82) is 0 Å². The lowest BCUT2D eigenvalue weighted by Gasteiger charge is -2.21. The minimum atomic E-state index is -0.642. The van der Waals surface area contributed by atoms with Crippen LogP contribution in [0.2, 0.25) is 0 Å². The molecule has 3 N–H and O–H groups in total. The molecule has 1 aromatic heterocycles. The summed E-state index contributed by atoms with van der Waals surface area (Å²) in [5.74, 6) is -0.0712. The van der Waals surface area contributed by atoms with E-state index in [9.17, 15) is 9.59 Å². The van der Waals surface area contributed by atoms with Gasteiger partial charge in [-0.15, -0.1) is 0 Å². The summed E-state index contributed by atoms with van der Waals surface area (Å²) in [5, 5.41) is 11.5. The molecule has 0 saturated carbocycles. The Kier molecular flexibility index (Phi) is 7.26. The van der Waals surface area contributed by atoms with Gasteiger partial charge in [-0.05, 0) is 11.6 Å².